The molecule has 0 saturated carbocycles. The number of halogens is 2. The number of piperidine rings is 1. The molecule has 1 saturated heterocycles. The van der Waals surface area contributed by atoms with Gasteiger partial charge in [-0.25, -0.2) is 13.8 Å². The van der Waals surface area contributed by atoms with Crippen molar-refractivity contribution in [2.45, 2.75) is 19.3 Å². The molecule has 0 bridgehead atoms. The van der Waals surface area contributed by atoms with E-state index in [1.54, 1.807) is 0 Å². The monoisotopic (exact) mass is 359 g/mol. The third-order valence-corrected chi connectivity index (χ3v) is 4.58. The standard InChI is InChI=1S/C18H19F2N5O/c19-13-8-12(9-14(20)10-13)16-15-17(22-11-23-18(15)26-24-16)21-4-7-25-5-2-1-3-6-25/h8-11H,1-7H2,(H,21,22,23). The molecule has 0 spiro atoms. The van der Waals surface area contributed by atoms with E-state index in [4.69, 9.17) is 4.52 Å². The zero-order chi connectivity index (χ0) is 17.9. The first-order valence-corrected chi connectivity index (χ1v) is 8.74. The lowest BCUT2D eigenvalue weighted by atomic mass is 10.1. The number of hydrogen-bond donors (Lipinski definition) is 1. The summed E-state index contributed by atoms with van der Waals surface area (Å²) in [6.45, 7) is 3.83. The quantitative estimate of drug-likeness (QED) is 0.752. The van der Waals surface area contributed by atoms with Gasteiger partial charge in [-0.1, -0.05) is 11.6 Å². The van der Waals surface area contributed by atoms with Crippen molar-refractivity contribution in [1.29, 1.82) is 0 Å². The maximum atomic E-state index is 13.6. The van der Waals surface area contributed by atoms with E-state index in [-0.39, 0.29) is 11.3 Å². The Hall–Kier alpha value is -2.61. The number of hydrogen-bond acceptors (Lipinski definition) is 6. The van der Waals surface area contributed by atoms with Gasteiger partial charge in [0, 0.05) is 24.7 Å². The van der Waals surface area contributed by atoms with Crippen LogP contribution in [0.3, 0.4) is 0 Å². The number of benzene rings is 1. The second kappa shape index (κ2) is 7.33. The van der Waals surface area contributed by atoms with E-state index in [0.29, 0.717) is 23.4 Å². The average molecular weight is 359 g/mol. The molecule has 3 aromatic rings. The minimum absolute atomic E-state index is 0.278. The predicted octanol–water partition coefficient (Wildman–Crippen LogP) is 3.46. The number of anilines is 1. The Balaban J connectivity index is 1.59. The highest BCUT2D eigenvalue weighted by Gasteiger charge is 2.18. The van der Waals surface area contributed by atoms with Crippen LogP contribution in [0, 0.1) is 11.6 Å². The van der Waals surface area contributed by atoms with E-state index in [1.165, 1.54) is 37.7 Å². The third kappa shape index (κ3) is 3.50. The molecule has 0 aliphatic carbocycles. The third-order valence-electron chi connectivity index (χ3n) is 4.58. The zero-order valence-corrected chi connectivity index (χ0v) is 14.2. The van der Waals surface area contributed by atoms with Gasteiger partial charge in [-0.3, -0.25) is 0 Å². The molecule has 0 amide bonds. The van der Waals surface area contributed by atoms with Gasteiger partial charge in [0.05, 0.1) is 0 Å². The Morgan fingerprint density at radius 2 is 1.81 bits per heavy atom. The molecule has 26 heavy (non-hydrogen) atoms. The Kier molecular flexibility index (Phi) is 4.75. The smallest absolute Gasteiger partial charge is 0.263 e. The molecule has 0 atom stereocenters. The summed E-state index contributed by atoms with van der Waals surface area (Å²) in [7, 11) is 0. The van der Waals surface area contributed by atoms with Crippen molar-refractivity contribution >= 4 is 16.9 Å². The summed E-state index contributed by atoms with van der Waals surface area (Å²) >= 11 is 0. The highest BCUT2D eigenvalue weighted by molar-refractivity contribution is 5.97. The van der Waals surface area contributed by atoms with Crippen LogP contribution in [-0.2, 0) is 0 Å². The van der Waals surface area contributed by atoms with E-state index in [2.05, 4.69) is 25.3 Å². The van der Waals surface area contributed by atoms with Crippen LogP contribution in [0.1, 0.15) is 19.3 Å². The summed E-state index contributed by atoms with van der Waals surface area (Å²) in [6.07, 6.45) is 5.15. The van der Waals surface area contributed by atoms with Crippen LogP contribution < -0.4 is 5.32 Å². The number of nitrogens with zero attached hydrogens (tertiary/aromatic N) is 4. The number of aromatic nitrogens is 3. The fourth-order valence-corrected chi connectivity index (χ4v) is 3.32. The van der Waals surface area contributed by atoms with Gasteiger partial charge in [-0.05, 0) is 38.1 Å². The molecule has 8 heteroatoms. The highest BCUT2D eigenvalue weighted by Crippen LogP contribution is 2.31. The van der Waals surface area contributed by atoms with E-state index in [0.717, 1.165) is 25.7 Å². The van der Waals surface area contributed by atoms with Crippen LogP contribution in [0.2, 0.25) is 0 Å². The minimum atomic E-state index is -0.674. The first-order chi connectivity index (χ1) is 12.7. The number of fused-ring (bicyclic) bond motifs is 1. The van der Waals surface area contributed by atoms with Gasteiger partial charge >= 0.3 is 0 Å². The summed E-state index contributed by atoms with van der Waals surface area (Å²) in [5.74, 6) is -0.798. The molecule has 1 N–H and O–H groups in total. The molecule has 1 fully saturated rings. The Morgan fingerprint density at radius 1 is 1.04 bits per heavy atom. The predicted molar refractivity (Wildman–Crippen MR) is 93.7 cm³/mol. The summed E-state index contributed by atoms with van der Waals surface area (Å²) in [4.78, 5) is 10.7. The normalized spacial score (nSPS) is 15.5. The first-order valence-electron chi connectivity index (χ1n) is 8.74. The molecule has 0 unspecified atom stereocenters. The molecule has 1 aliphatic heterocycles. The fourth-order valence-electron chi connectivity index (χ4n) is 3.32. The Bertz CT molecular complexity index is 887. The maximum absolute atomic E-state index is 13.6. The van der Waals surface area contributed by atoms with Crippen molar-refractivity contribution in [3.05, 3.63) is 36.2 Å². The second-order valence-corrected chi connectivity index (χ2v) is 6.42. The van der Waals surface area contributed by atoms with Crippen molar-refractivity contribution < 1.29 is 13.3 Å². The van der Waals surface area contributed by atoms with Gasteiger partial charge < -0.3 is 14.7 Å². The van der Waals surface area contributed by atoms with Gasteiger partial charge in [0.25, 0.3) is 5.71 Å². The minimum Gasteiger partial charge on any atom is -0.368 e. The van der Waals surface area contributed by atoms with Gasteiger partial charge in [0.2, 0.25) is 0 Å². The van der Waals surface area contributed by atoms with Crippen molar-refractivity contribution in [1.82, 2.24) is 20.0 Å². The highest BCUT2D eigenvalue weighted by atomic mass is 19.1. The van der Waals surface area contributed by atoms with Crippen molar-refractivity contribution in [2.24, 2.45) is 0 Å². The van der Waals surface area contributed by atoms with Crippen molar-refractivity contribution in [2.75, 3.05) is 31.5 Å². The van der Waals surface area contributed by atoms with Crippen LogP contribution in [0.4, 0.5) is 14.6 Å². The second-order valence-electron chi connectivity index (χ2n) is 6.42. The number of rotatable bonds is 5. The molecule has 0 radical (unpaired) electrons. The van der Waals surface area contributed by atoms with Gasteiger partial charge in [-0.2, -0.15) is 4.98 Å². The van der Waals surface area contributed by atoms with E-state index >= 15 is 0 Å². The van der Waals surface area contributed by atoms with Crippen molar-refractivity contribution in [3.8, 4) is 11.3 Å². The molecular weight excluding hydrogens is 340 g/mol. The van der Waals surface area contributed by atoms with Crippen LogP contribution >= 0.6 is 0 Å². The summed E-state index contributed by atoms with van der Waals surface area (Å²) in [5.41, 5.74) is 0.884. The lowest BCUT2D eigenvalue weighted by Gasteiger charge is -2.26. The molecular formula is C18H19F2N5O. The Morgan fingerprint density at radius 3 is 2.58 bits per heavy atom. The van der Waals surface area contributed by atoms with Crippen molar-refractivity contribution in [3.63, 3.8) is 0 Å². The molecule has 4 rings (SSSR count). The van der Waals surface area contributed by atoms with Gasteiger partial charge in [0.15, 0.2) is 0 Å². The summed E-state index contributed by atoms with van der Waals surface area (Å²) < 4.78 is 32.4. The van der Waals surface area contributed by atoms with Crippen LogP contribution in [0.25, 0.3) is 22.4 Å². The van der Waals surface area contributed by atoms with E-state index in [1.807, 2.05) is 0 Å². The molecule has 1 aromatic carbocycles. The van der Waals surface area contributed by atoms with E-state index < -0.39 is 11.6 Å². The average Bonchev–Trinajstić information content (AvgIpc) is 3.07. The van der Waals surface area contributed by atoms with E-state index in [9.17, 15) is 8.78 Å². The van der Waals surface area contributed by atoms with Gasteiger partial charge in [0.1, 0.15) is 34.9 Å². The SMILES string of the molecule is Fc1cc(F)cc(-c2noc3ncnc(NCCN4CCCCC4)c23)c1. The van der Waals surface area contributed by atoms with Crippen LogP contribution in [0.5, 0.6) is 0 Å². The molecule has 3 heterocycles. The molecule has 6 nitrogen and oxygen atoms in total. The largest absolute Gasteiger partial charge is 0.368 e. The molecule has 1 aliphatic rings. The van der Waals surface area contributed by atoms with Crippen LogP contribution in [0.15, 0.2) is 29.0 Å². The topological polar surface area (TPSA) is 67.1 Å². The first kappa shape index (κ1) is 16.8. The Labute approximate surface area is 149 Å². The number of nitrogens with one attached hydrogen (secondary N) is 1. The zero-order valence-electron chi connectivity index (χ0n) is 14.2. The number of likely N-dealkylation sites (tertiary alicyclic amines) is 1. The lowest BCUT2D eigenvalue weighted by Crippen LogP contribution is -2.33. The fraction of sp³-hybridized carbons (Fsp3) is 0.389. The lowest BCUT2D eigenvalue weighted by molar-refractivity contribution is 0.237. The molecule has 136 valence electrons. The van der Waals surface area contributed by atoms with Gasteiger partial charge in [-0.15, -0.1) is 0 Å². The summed E-state index contributed by atoms with van der Waals surface area (Å²) in [5, 5.41) is 7.75. The van der Waals surface area contributed by atoms with Crippen LogP contribution in [-0.4, -0.2) is 46.2 Å². The summed E-state index contributed by atoms with van der Waals surface area (Å²) in [6, 6.07) is 3.25. The molecule has 2 aromatic heterocycles. The maximum Gasteiger partial charge on any atom is 0.263 e.